The zero-order valence-electron chi connectivity index (χ0n) is 14.6. The van der Waals surface area contributed by atoms with Gasteiger partial charge in [-0.15, -0.1) is 0 Å². The number of aliphatic imine (C=N–C) groups is 1. The van der Waals surface area contributed by atoms with Crippen molar-refractivity contribution in [2.24, 2.45) is 10.9 Å². The summed E-state index contributed by atoms with van der Waals surface area (Å²) >= 11 is 11.8. The highest BCUT2D eigenvalue weighted by Gasteiger charge is 2.27. The lowest BCUT2D eigenvalue weighted by atomic mass is 10.1. The first-order valence-electron chi connectivity index (χ1n) is 8.19. The second-order valence-corrected chi connectivity index (χ2v) is 9.02. The number of para-hydroxylation sites is 1. The van der Waals surface area contributed by atoms with Gasteiger partial charge in [0.05, 0.1) is 16.5 Å². The molecule has 1 aliphatic heterocycles. The molecule has 3 rings (SSSR count). The molecule has 27 heavy (non-hydrogen) atoms. The topological polar surface area (TPSA) is 88.0 Å². The van der Waals surface area contributed by atoms with Crippen LogP contribution in [0.5, 0.6) is 5.75 Å². The Morgan fingerprint density at radius 3 is 2.48 bits per heavy atom. The van der Waals surface area contributed by atoms with Crippen LogP contribution in [-0.4, -0.2) is 32.1 Å². The molecule has 0 spiro atoms. The summed E-state index contributed by atoms with van der Waals surface area (Å²) in [6.45, 7) is 4.45. The van der Waals surface area contributed by atoms with Crippen molar-refractivity contribution in [3.8, 4) is 5.75 Å². The van der Waals surface area contributed by atoms with E-state index in [0.29, 0.717) is 12.2 Å². The molecule has 6 nitrogen and oxygen atoms in total. The minimum Gasteiger partial charge on any atom is -0.506 e. The maximum atomic E-state index is 12.8. The Hall–Kier alpha value is -1.96. The van der Waals surface area contributed by atoms with E-state index in [1.807, 2.05) is 13.8 Å². The summed E-state index contributed by atoms with van der Waals surface area (Å²) in [6.07, 6.45) is 0. The Bertz CT molecular complexity index is 986. The van der Waals surface area contributed by atoms with Crippen LogP contribution in [0.15, 0.2) is 46.3 Å². The highest BCUT2D eigenvalue weighted by Crippen LogP contribution is 2.33. The SMILES string of the molecule is CC(C)[C@H]1COC(c2cccc(O)c2NS(=O)(=O)c2cc(Cl)cc(Cl)c2)=N1. The molecule has 0 bridgehead atoms. The minimum absolute atomic E-state index is 0.0169. The van der Waals surface area contributed by atoms with E-state index in [4.69, 9.17) is 27.9 Å². The van der Waals surface area contributed by atoms with E-state index in [1.165, 1.54) is 24.3 Å². The summed E-state index contributed by atoms with van der Waals surface area (Å²) < 4.78 is 33.6. The number of benzene rings is 2. The number of anilines is 1. The number of phenols is 1. The number of aromatic hydroxyl groups is 1. The van der Waals surface area contributed by atoms with Gasteiger partial charge >= 0.3 is 0 Å². The maximum Gasteiger partial charge on any atom is 0.262 e. The van der Waals surface area contributed by atoms with Crippen molar-refractivity contribution >= 4 is 44.8 Å². The van der Waals surface area contributed by atoms with Crippen molar-refractivity contribution in [3.05, 3.63) is 52.0 Å². The number of phenolic OH excluding ortho intramolecular Hbond substituents is 1. The zero-order valence-corrected chi connectivity index (χ0v) is 16.9. The summed E-state index contributed by atoms with van der Waals surface area (Å²) in [5.41, 5.74) is 0.339. The van der Waals surface area contributed by atoms with Crippen molar-refractivity contribution in [3.63, 3.8) is 0 Å². The predicted molar refractivity (Wildman–Crippen MR) is 106 cm³/mol. The van der Waals surface area contributed by atoms with Gasteiger partial charge in [0.1, 0.15) is 18.0 Å². The number of rotatable bonds is 5. The van der Waals surface area contributed by atoms with Crippen LogP contribution in [0.4, 0.5) is 5.69 Å². The number of ether oxygens (including phenoxy) is 1. The Morgan fingerprint density at radius 2 is 1.89 bits per heavy atom. The van der Waals surface area contributed by atoms with E-state index in [9.17, 15) is 13.5 Å². The Morgan fingerprint density at radius 1 is 1.22 bits per heavy atom. The fourth-order valence-electron chi connectivity index (χ4n) is 2.58. The van der Waals surface area contributed by atoms with Crippen molar-refractivity contribution < 1.29 is 18.3 Å². The van der Waals surface area contributed by atoms with Gasteiger partial charge in [-0.3, -0.25) is 4.72 Å². The lowest BCUT2D eigenvalue weighted by Crippen LogP contribution is -2.16. The summed E-state index contributed by atoms with van der Waals surface area (Å²) in [5, 5.41) is 10.6. The van der Waals surface area contributed by atoms with E-state index in [0.717, 1.165) is 0 Å². The molecule has 9 heteroatoms. The molecule has 0 saturated carbocycles. The number of sulfonamides is 1. The first-order valence-corrected chi connectivity index (χ1v) is 10.4. The number of nitrogens with zero attached hydrogens (tertiary/aromatic N) is 1. The van der Waals surface area contributed by atoms with Gasteiger partial charge in [-0.1, -0.05) is 43.1 Å². The van der Waals surface area contributed by atoms with E-state index in [-0.39, 0.29) is 44.2 Å². The monoisotopic (exact) mass is 428 g/mol. The quantitative estimate of drug-likeness (QED) is 0.694. The highest BCUT2D eigenvalue weighted by molar-refractivity contribution is 7.92. The molecular formula is C18H18Cl2N2O4S. The van der Waals surface area contributed by atoms with Crippen LogP contribution in [0.1, 0.15) is 19.4 Å². The van der Waals surface area contributed by atoms with E-state index in [1.54, 1.807) is 12.1 Å². The molecule has 144 valence electrons. The van der Waals surface area contributed by atoms with Gasteiger partial charge in [-0.2, -0.15) is 0 Å². The average Bonchev–Trinajstić information content (AvgIpc) is 3.06. The molecule has 0 amide bonds. The fourth-order valence-corrected chi connectivity index (χ4v) is 4.40. The second kappa shape index (κ2) is 7.58. The van der Waals surface area contributed by atoms with Crippen LogP contribution in [0.2, 0.25) is 10.0 Å². The molecule has 1 heterocycles. The molecule has 2 N–H and O–H groups in total. The van der Waals surface area contributed by atoms with Crippen LogP contribution in [0, 0.1) is 5.92 Å². The van der Waals surface area contributed by atoms with Crippen LogP contribution >= 0.6 is 23.2 Å². The molecule has 2 aromatic rings. The van der Waals surface area contributed by atoms with Gasteiger partial charge in [-0.25, -0.2) is 13.4 Å². The van der Waals surface area contributed by atoms with Gasteiger partial charge < -0.3 is 9.84 Å². The van der Waals surface area contributed by atoms with Crippen LogP contribution in [0.3, 0.4) is 0 Å². The molecule has 0 radical (unpaired) electrons. The second-order valence-electron chi connectivity index (χ2n) is 6.47. The van der Waals surface area contributed by atoms with Gasteiger partial charge in [0.2, 0.25) is 5.90 Å². The Labute approximate surface area is 167 Å². The number of hydrogen-bond donors (Lipinski definition) is 2. The van der Waals surface area contributed by atoms with Crippen molar-refractivity contribution in [1.29, 1.82) is 0 Å². The third-order valence-electron chi connectivity index (χ3n) is 4.10. The van der Waals surface area contributed by atoms with Crippen LogP contribution in [0.25, 0.3) is 0 Å². The molecule has 0 fully saturated rings. The predicted octanol–water partition coefficient (Wildman–Crippen LogP) is 4.30. The number of hydrogen-bond acceptors (Lipinski definition) is 5. The van der Waals surface area contributed by atoms with E-state index in [2.05, 4.69) is 9.71 Å². The molecule has 0 unspecified atom stereocenters. The van der Waals surface area contributed by atoms with Crippen molar-refractivity contribution in [1.82, 2.24) is 0 Å². The summed E-state index contributed by atoms with van der Waals surface area (Å²) in [4.78, 5) is 4.38. The standard InChI is InChI=1S/C18H18Cl2N2O4S/c1-10(2)15-9-26-18(21-15)14-4-3-5-16(23)17(14)22-27(24,25)13-7-11(19)6-12(20)8-13/h3-8,10,15,22-23H,9H2,1-2H3/t15-/m1/s1. The number of nitrogens with one attached hydrogen (secondary N) is 1. The smallest absolute Gasteiger partial charge is 0.262 e. The molecule has 1 atom stereocenters. The molecule has 0 aliphatic carbocycles. The molecular weight excluding hydrogens is 411 g/mol. The normalized spacial score (nSPS) is 16.9. The van der Waals surface area contributed by atoms with Crippen LogP contribution < -0.4 is 4.72 Å². The third kappa shape index (κ3) is 4.31. The molecule has 2 aromatic carbocycles. The Kier molecular flexibility index (Phi) is 5.55. The first-order chi connectivity index (χ1) is 12.7. The maximum absolute atomic E-state index is 12.8. The van der Waals surface area contributed by atoms with Gasteiger partial charge in [0.25, 0.3) is 10.0 Å². The third-order valence-corrected chi connectivity index (χ3v) is 5.86. The fraction of sp³-hybridized carbons (Fsp3) is 0.278. The zero-order chi connectivity index (χ0) is 19.8. The van der Waals surface area contributed by atoms with E-state index >= 15 is 0 Å². The average molecular weight is 429 g/mol. The van der Waals surface area contributed by atoms with Gasteiger partial charge in [-0.05, 0) is 36.2 Å². The van der Waals surface area contributed by atoms with Crippen molar-refractivity contribution in [2.45, 2.75) is 24.8 Å². The molecule has 0 aromatic heterocycles. The Balaban J connectivity index is 2.02. The summed E-state index contributed by atoms with van der Waals surface area (Å²) in [7, 11) is -4.05. The molecule has 0 saturated heterocycles. The lowest BCUT2D eigenvalue weighted by molar-refractivity contribution is 0.292. The summed E-state index contributed by atoms with van der Waals surface area (Å²) in [5.74, 6) is 0.309. The first kappa shape index (κ1) is 19.8. The van der Waals surface area contributed by atoms with Crippen LogP contribution in [-0.2, 0) is 14.8 Å². The largest absolute Gasteiger partial charge is 0.506 e. The minimum atomic E-state index is -4.05. The number of halogens is 2. The summed E-state index contributed by atoms with van der Waals surface area (Å²) in [6, 6.07) is 8.54. The van der Waals surface area contributed by atoms with Gasteiger partial charge in [0, 0.05) is 10.0 Å². The lowest BCUT2D eigenvalue weighted by Gasteiger charge is -2.14. The van der Waals surface area contributed by atoms with Gasteiger partial charge in [0.15, 0.2) is 0 Å². The van der Waals surface area contributed by atoms with E-state index < -0.39 is 10.0 Å². The highest BCUT2D eigenvalue weighted by atomic mass is 35.5. The van der Waals surface area contributed by atoms with Crippen molar-refractivity contribution in [2.75, 3.05) is 11.3 Å². The molecule has 1 aliphatic rings.